The normalized spacial score (nSPS) is 17.4. The van der Waals surface area contributed by atoms with Crippen molar-refractivity contribution in [3.05, 3.63) is 41.8 Å². The van der Waals surface area contributed by atoms with Crippen LogP contribution in [0.4, 0.5) is 9.18 Å². The van der Waals surface area contributed by atoms with Crippen LogP contribution in [0.3, 0.4) is 0 Å². The zero-order chi connectivity index (χ0) is 17.8. The molecule has 1 fully saturated rings. The lowest BCUT2D eigenvalue weighted by atomic mass is 10.1. The zero-order valence-electron chi connectivity index (χ0n) is 13.8. The molecule has 3 amide bonds. The molecule has 1 unspecified atom stereocenters. The van der Waals surface area contributed by atoms with Gasteiger partial charge < -0.3 is 20.3 Å². The SMILES string of the molecule is CNC(=O)NCC1COCCN1C(=O)c1ccc(F)c2cccnc12. The molecule has 1 saturated heterocycles. The monoisotopic (exact) mass is 346 g/mol. The minimum atomic E-state index is -0.417. The van der Waals surface area contributed by atoms with E-state index in [1.54, 1.807) is 17.0 Å². The number of aromatic nitrogens is 1. The van der Waals surface area contributed by atoms with Gasteiger partial charge in [0.15, 0.2) is 0 Å². The number of rotatable bonds is 3. The maximum atomic E-state index is 14.0. The number of nitrogens with zero attached hydrogens (tertiary/aromatic N) is 2. The lowest BCUT2D eigenvalue weighted by molar-refractivity contribution is -0.000665. The molecule has 0 bridgehead atoms. The Labute approximate surface area is 144 Å². The van der Waals surface area contributed by atoms with E-state index in [-0.39, 0.29) is 24.5 Å². The van der Waals surface area contributed by atoms with Gasteiger partial charge in [0.2, 0.25) is 0 Å². The minimum absolute atomic E-state index is 0.254. The molecule has 0 saturated carbocycles. The Hall–Kier alpha value is -2.74. The van der Waals surface area contributed by atoms with Crippen molar-refractivity contribution in [2.24, 2.45) is 0 Å². The molecule has 1 aromatic carbocycles. The molecule has 0 spiro atoms. The van der Waals surface area contributed by atoms with Gasteiger partial charge in [0.25, 0.3) is 5.91 Å². The van der Waals surface area contributed by atoms with Gasteiger partial charge in [0.05, 0.1) is 30.3 Å². The van der Waals surface area contributed by atoms with Gasteiger partial charge in [-0.1, -0.05) is 0 Å². The quantitative estimate of drug-likeness (QED) is 0.873. The second-order valence-corrected chi connectivity index (χ2v) is 5.68. The van der Waals surface area contributed by atoms with Crippen molar-refractivity contribution in [2.45, 2.75) is 6.04 Å². The third-order valence-electron chi connectivity index (χ3n) is 4.16. The van der Waals surface area contributed by atoms with Crippen LogP contribution in [0.15, 0.2) is 30.5 Å². The van der Waals surface area contributed by atoms with E-state index in [4.69, 9.17) is 4.74 Å². The molecule has 3 rings (SSSR count). The molecular formula is C17H19FN4O3. The van der Waals surface area contributed by atoms with E-state index >= 15 is 0 Å². The van der Waals surface area contributed by atoms with E-state index in [9.17, 15) is 14.0 Å². The summed E-state index contributed by atoms with van der Waals surface area (Å²) in [4.78, 5) is 30.2. The van der Waals surface area contributed by atoms with Gasteiger partial charge in [-0.25, -0.2) is 9.18 Å². The molecule has 132 valence electrons. The first-order chi connectivity index (χ1) is 12.1. The fraction of sp³-hybridized carbons (Fsp3) is 0.353. The Balaban J connectivity index is 1.88. The van der Waals surface area contributed by atoms with Crippen molar-refractivity contribution < 1.29 is 18.7 Å². The Morgan fingerprint density at radius 3 is 3.04 bits per heavy atom. The van der Waals surface area contributed by atoms with E-state index in [1.165, 1.54) is 25.4 Å². The first-order valence-corrected chi connectivity index (χ1v) is 7.99. The number of halogens is 1. The fourth-order valence-electron chi connectivity index (χ4n) is 2.86. The summed E-state index contributed by atoms with van der Waals surface area (Å²) in [6, 6.07) is 5.32. The van der Waals surface area contributed by atoms with E-state index in [0.29, 0.717) is 36.2 Å². The van der Waals surface area contributed by atoms with Crippen molar-refractivity contribution in [3.8, 4) is 0 Å². The van der Waals surface area contributed by atoms with E-state index in [0.717, 1.165) is 0 Å². The molecule has 0 aliphatic carbocycles. The summed E-state index contributed by atoms with van der Waals surface area (Å²) in [6.45, 7) is 1.39. The van der Waals surface area contributed by atoms with Crippen LogP contribution in [0.25, 0.3) is 10.9 Å². The highest BCUT2D eigenvalue weighted by atomic mass is 19.1. The summed E-state index contributed by atoms with van der Waals surface area (Å²) in [7, 11) is 1.52. The number of ether oxygens (including phenoxy) is 1. The molecule has 1 aliphatic rings. The van der Waals surface area contributed by atoms with Gasteiger partial charge in [-0.05, 0) is 24.3 Å². The van der Waals surface area contributed by atoms with Crippen molar-refractivity contribution >= 4 is 22.8 Å². The number of nitrogens with one attached hydrogen (secondary N) is 2. The number of benzene rings is 1. The summed E-state index contributed by atoms with van der Waals surface area (Å²) in [5.74, 6) is -0.671. The first kappa shape index (κ1) is 17.1. The molecule has 2 heterocycles. The van der Waals surface area contributed by atoms with E-state index in [1.807, 2.05) is 0 Å². The number of carbonyl (C=O) groups is 2. The summed E-state index contributed by atoms with van der Waals surface area (Å²) in [5.41, 5.74) is 0.667. The first-order valence-electron chi connectivity index (χ1n) is 7.99. The Kier molecular flexibility index (Phi) is 5.08. The molecule has 2 aromatic rings. The minimum Gasteiger partial charge on any atom is -0.377 e. The highest BCUT2D eigenvalue weighted by molar-refractivity contribution is 6.05. The molecule has 1 atom stereocenters. The molecule has 7 nitrogen and oxygen atoms in total. The predicted molar refractivity (Wildman–Crippen MR) is 89.8 cm³/mol. The highest BCUT2D eigenvalue weighted by Crippen LogP contribution is 2.22. The molecule has 0 radical (unpaired) electrons. The second-order valence-electron chi connectivity index (χ2n) is 5.68. The number of urea groups is 1. The van der Waals surface area contributed by atoms with Gasteiger partial charge >= 0.3 is 6.03 Å². The maximum absolute atomic E-state index is 14.0. The summed E-state index contributed by atoms with van der Waals surface area (Å²) in [5, 5.41) is 5.46. The molecule has 1 aliphatic heterocycles. The van der Waals surface area contributed by atoms with Crippen LogP contribution >= 0.6 is 0 Å². The van der Waals surface area contributed by atoms with Crippen molar-refractivity contribution in [3.63, 3.8) is 0 Å². The third kappa shape index (κ3) is 3.53. The smallest absolute Gasteiger partial charge is 0.314 e. The lowest BCUT2D eigenvalue weighted by Gasteiger charge is -2.35. The number of pyridine rings is 1. The van der Waals surface area contributed by atoms with Crippen LogP contribution in [0.1, 0.15) is 10.4 Å². The van der Waals surface area contributed by atoms with Crippen LogP contribution in [-0.2, 0) is 4.74 Å². The van der Waals surface area contributed by atoms with Crippen LogP contribution in [0.2, 0.25) is 0 Å². The second kappa shape index (κ2) is 7.43. The number of hydrogen-bond acceptors (Lipinski definition) is 4. The zero-order valence-corrected chi connectivity index (χ0v) is 13.8. The number of morpholine rings is 1. The number of carbonyl (C=O) groups excluding carboxylic acids is 2. The molecule has 25 heavy (non-hydrogen) atoms. The van der Waals surface area contributed by atoms with Crippen molar-refractivity contribution in [1.29, 1.82) is 0 Å². The Morgan fingerprint density at radius 2 is 2.24 bits per heavy atom. The lowest BCUT2D eigenvalue weighted by Crippen LogP contribution is -2.54. The molecule has 8 heteroatoms. The molecule has 1 aromatic heterocycles. The van der Waals surface area contributed by atoms with Gasteiger partial charge in [-0.3, -0.25) is 9.78 Å². The molecular weight excluding hydrogens is 327 g/mol. The number of hydrogen-bond donors (Lipinski definition) is 2. The van der Waals surface area contributed by atoms with Gasteiger partial charge in [-0.15, -0.1) is 0 Å². The average Bonchev–Trinajstić information content (AvgIpc) is 2.66. The van der Waals surface area contributed by atoms with Crippen molar-refractivity contribution in [1.82, 2.24) is 20.5 Å². The summed E-state index contributed by atoms with van der Waals surface area (Å²) < 4.78 is 19.4. The standard InChI is InChI=1S/C17H19FN4O3/c1-19-17(24)21-9-11-10-25-8-7-22(11)16(23)13-4-5-14(18)12-3-2-6-20-15(12)13/h2-6,11H,7-10H2,1H3,(H2,19,21,24). The van der Waals surface area contributed by atoms with Crippen LogP contribution in [0.5, 0.6) is 0 Å². The van der Waals surface area contributed by atoms with Crippen molar-refractivity contribution in [2.75, 3.05) is 33.4 Å². The number of amides is 3. The van der Waals surface area contributed by atoms with E-state index in [2.05, 4.69) is 15.6 Å². The van der Waals surface area contributed by atoms with Gasteiger partial charge in [0.1, 0.15) is 5.82 Å². The third-order valence-corrected chi connectivity index (χ3v) is 4.16. The Bertz CT molecular complexity index is 799. The largest absolute Gasteiger partial charge is 0.377 e. The topological polar surface area (TPSA) is 83.6 Å². The summed E-state index contributed by atoms with van der Waals surface area (Å²) >= 11 is 0. The predicted octanol–water partition coefficient (Wildman–Crippen LogP) is 1.14. The highest BCUT2D eigenvalue weighted by Gasteiger charge is 2.29. The van der Waals surface area contributed by atoms with Gasteiger partial charge in [0, 0.05) is 31.7 Å². The summed E-state index contributed by atoms with van der Waals surface area (Å²) in [6.07, 6.45) is 1.53. The maximum Gasteiger partial charge on any atom is 0.314 e. The van der Waals surface area contributed by atoms with Crippen LogP contribution in [-0.4, -0.2) is 61.2 Å². The molecule has 2 N–H and O–H groups in total. The van der Waals surface area contributed by atoms with E-state index < -0.39 is 5.82 Å². The van der Waals surface area contributed by atoms with Crippen LogP contribution in [0, 0.1) is 5.82 Å². The van der Waals surface area contributed by atoms with Crippen LogP contribution < -0.4 is 10.6 Å². The Morgan fingerprint density at radius 1 is 1.40 bits per heavy atom. The number of fused-ring (bicyclic) bond motifs is 1. The average molecular weight is 346 g/mol. The fourth-order valence-corrected chi connectivity index (χ4v) is 2.86. The van der Waals surface area contributed by atoms with Gasteiger partial charge in [-0.2, -0.15) is 0 Å².